The summed E-state index contributed by atoms with van der Waals surface area (Å²) in [5.41, 5.74) is 0.246. The molecule has 1 aromatic carbocycles. The number of nitrogens with zero attached hydrogens (tertiary/aromatic N) is 1. The van der Waals surface area contributed by atoms with E-state index in [1.165, 1.54) is 26.4 Å². The van der Waals surface area contributed by atoms with Crippen molar-refractivity contribution < 1.29 is 27.8 Å². The number of carboxylic acids is 1. The molecule has 0 bridgehead atoms. The number of hydrogen-bond donors (Lipinski definition) is 2. The van der Waals surface area contributed by atoms with Crippen molar-refractivity contribution in [3.8, 4) is 11.5 Å². The number of piperidine rings is 1. The smallest absolute Gasteiger partial charge is 0.322 e. The second-order valence-corrected chi connectivity index (χ2v) is 6.79. The molecule has 9 heteroatoms. The standard InChI is InChI=1S/C14H20N2O6S/c1-21-11-7-10(8-12(9-11)22-2)15-23(19,20)16-6-4-3-5-13(16)14(17)18/h7-9,13,15H,3-6H2,1-2H3,(H,17,18)/t13-/m0/s1. The topological polar surface area (TPSA) is 105 Å². The lowest BCUT2D eigenvalue weighted by atomic mass is 10.1. The van der Waals surface area contributed by atoms with Gasteiger partial charge in [-0.25, -0.2) is 0 Å². The fourth-order valence-corrected chi connectivity index (χ4v) is 3.95. The molecule has 0 radical (unpaired) electrons. The number of methoxy groups -OCH3 is 2. The third kappa shape index (κ3) is 4.05. The first-order chi connectivity index (χ1) is 10.9. The van der Waals surface area contributed by atoms with Gasteiger partial charge in [-0.2, -0.15) is 12.7 Å². The Morgan fingerprint density at radius 1 is 1.22 bits per heavy atom. The van der Waals surface area contributed by atoms with E-state index in [1.54, 1.807) is 6.07 Å². The molecule has 0 aromatic heterocycles. The molecule has 1 heterocycles. The Balaban J connectivity index is 2.28. The summed E-state index contributed by atoms with van der Waals surface area (Å²) in [6.07, 6.45) is 1.62. The number of aliphatic carboxylic acids is 1. The van der Waals surface area contributed by atoms with Crippen LogP contribution in [0.3, 0.4) is 0 Å². The van der Waals surface area contributed by atoms with Crippen molar-refractivity contribution in [2.24, 2.45) is 0 Å². The predicted octanol–water partition coefficient (Wildman–Crippen LogP) is 1.30. The summed E-state index contributed by atoms with van der Waals surface area (Å²) >= 11 is 0. The van der Waals surface area contributed by atoms with Gasteiger partial charge >= 0.3 is 16.2 Å². The molecule has 2 N–H and O–H groups in total. The maximum Gasteiger partial charge on any atom is 0.322 e. The lowest BCUT2D eigenvalue weighted by Crippen LogP contribution is -2.49. The molecule has 0 saturated carbocycles. The summed E-state index contributed by atoms with van der Waals surface area (Å²) in [6, 6.07) is 3.56. The van der Waals surface area contributed by atoms with E-state index < -0.39 is 22.2 Å². The molecule has 0 spiro atoms. The highest BCUT2D eigenvalue weighted by Crippen LogP contribution is 2.28. The molecule has 2 rings (SSSR count). The summed E-state index contributed by atoms with van der Waals surface area (Å²) in [6.45, 7) is 0.174. The predicted molar refractivity (Wildman–Crippen MR) is 84.1 cm³/mol. The van der Waals surface area contributed by atoms with Crippen molar-refractivity contribution in [1.82, 2.24) is 4.31 Å². The van der Waals surface area contributed by atoms with Gasteiger partial charge in [-0.15, -0.1) is 0 Å². The van der Waals surface area contributed by atoms with Gasteiger partial charge in [-0.05, 0) is 19.3 Å². The van der Waals surface area contributed by atoms with Gasteiger partial charge in [-0.3, -0.25) is 9.52 Å². The third-order valence-electron chi connectivity index (χ3n) is 3.65. The number of hydrogen-bond acceptors (Lipinski definition) is 5. The van der Waals surface area contributed by atoms with Crippen LogP contribution in [0, 0.1) is 0 Å². The zero-order valence-electron chi connectivity index (χ0n) is 13.0. The first-order valence-corrected chi connectivity index (χ1v) is 8.57. The first-order valence-electron chi connectivity index (χ1n) is 7.13. The van der Waals surface area contributed by atoms with E-state index in [1.807, 2.05) is 0 Å². The Morgan fingerprint density at radius 2 is 1.83 bits per heavy atom. The molecule has 1 aliphatic rings. The number of nitrogens with one attached hydrogen (secondary N) is 1. The minimum Gasteiger partial charge on any atom is -0.497 e. The summed E-state index contributed by atoms with van der Waals surface area (Å²) in [5, 5.41) is 9.23. The van der Waals surface area contributed by atoms with Crippen molar-refractivity contribution in [3.05, 3.63) is 18.2 Å². The lowest BCUT2D eigenvalue weighted by Gasteiger charge is -2.31. The lowest BCUT2D eigenvalue weighted by molar-refractivity contribution is -0.142. The summed E-state index contributed by atoms with van der Waals surface area (Å²) in [7, 11) is -1.08. The Labute approximate surface area is 135 Å². The summed E-state index contributed by atoms with van der Waals surface area (Å²) < 4.78 is 38.7. The van der Waals surface area contributed by atoms with Crippen molar-refractivity contribution in [2.45, 2.75) is 25.3 Å². The Hall–Kier alpha value is -2.00. The molecule has 8 nitrogen and oxygen atoms in total. The fraction of sp³-hybridized carbons (Fsp3) is 0.500. The highest BCUT2D eigenvalue weighted by molar-refractivity contribution is 7.90. The maximum atomic E-state index is 12.5. The zero-order valence-corrected chi connectivity index (χ0v) is 13.8. The Kier molecular flexibility index (Phi) is 5.32. The van der Waals surface area contributed by atoms with Crippen molar-refractivity contribution in [3.63, 3.8) is 0 Å². The van der Waals surface area contributed by atoms with Gasteiger partial charge in [0.15, 0.2) is 0 Å². The van der Waals surface area contributed by atoms with E-state index in [4.69, 9.17) is 9.47 Å². The zero-order chi connectivity index (χ0) is 17.0. The van der Waals surface area contributed by atoms with E-state index in [0.717, 1.165) is 4.31 Å². The summed E-state index contributed by atoms with van der Waals surface area (Å²) in [5.74, 6) is -0.288. The van der Waals surface area contributed by atoms with Crippen molar-refractivity contribution in [2.75, 3.05) is 25.5 Å². The van der Waals surface area contributed by atoms with Crippen LogP contribution in [-0.4, -0.2) is 50.6 Å². The van der Waals surface area contributed by atoms with Gasteiger partial charge in [0.05, 0.1) is 19.9 Å². The van der Waals surface area contributed by atoms with Crippen LogP contribution >= 0.6 is 0 Å². The van der Waals surface area contributed by atoms with Crippen LogP contribution in [0.1, 0.15) is 19.3 Å². The van der Waals surface area contributed by atoms with Gasteiger partial charge < -0.3 is 14.6 Å². The summed E-state index contributed by atoms with van der Waals surface area (Å²) in [4.78, 5) is 11.3. The highest BCUT2D eigenvalue weighted by atomic mass is 32.2. The molecule has 0 amide bonds. The molecule has 128 valence electrons. The average molecular weight is 344 g/mol. The molecular formula is C14H20N2O6S. The molecular weight excluding hydrogens is 324 g/mol. The normalized spacial score (nSPS) is 19.1. The van der Waals surface area contributed by atoms with Gasteiger partial charge in [0.1, 0.15) is 17.5 Å². The quantitative estimate of drug-likeness (QED) is 0.806. The van der Waals surface area contributed by atoms with Crippen LogP contribution in [0.4, 0.5) is 5.69 Å². The van der Waals surface area contributed by atoms with E-state index in [9.17, 15) is 18.3 Å². The molecule has 1 fully saturated rings. The third-order valence-corrected chi connectivity index (χ3v) is 5.19. The van der Waals surface area contributed by atoms with Crippen LogP contribution in [0.25, 0.3) is 0 Å². The monoisotopic (exact) mass is 344 g/mol. The van der Waals surface area contributed by atoms with Gasteiger partial charge in [0.25, 0.3) is 0 Å². The molecule has 23 heavy (non-hydrogen) atoms. The molecule has 1 aliphatic heterocycles. The number of rotatable bonds is 6. The van der Waals surface area contributed by atoms with Gasteiger partial charge in [0.2, 0.25) is 0 Å². The molecule has 0 aliphatic carbocycles. The molecule has 0 unspecified atom stereocenters. The van der Waals surface area contributed by atoms with Crippen LogP contribution in [0.5, 0.6) is 11.5 Å². The van der Waals surface area contributed by atoms with E-state index in [0.29, 0.717) is 30.8 Å². The second-order valence-electron chi connectivity index (χ2n) is 5.17. The van der Waals surface area contributed by atoms with Crippen LogP contribution < -0.4 is 14.2 Å². The molecule has 1 aromatic rings. The first kappa shape index (κ1) is 17.4. The average Bonchev–Trinajstić information content (AvgIpc) is 2.53. The van der Waals surface area contributed by atoms with Crippen molar-refractivity contribution in [1.29, 1.82) is 0 Å². The number of anilines is 1. The van der Waals surface area contributed by atoms with Crippen LogP contribution in [0.2, 0.25) is 0 Å². The fourth-order valence-electron chi connectivity index (χ4n) is 2.51. The maximum absolute atomic E-state index is 12.5. The van der Waals surface area contributed by atoms with Crippen LogP contribution in [-0.2, 0) is 15.0 Å². The second kappa shape index (κ2) is 7.05. The number of benzene rings is 1. The van der Waals surface area contributed by atoms with E-state index in [-0.39, 0.29) is 12.2 Å². The number of carboxylic acid groups (broad SMARTS) is 1. The molecule has 1 saturated heterocycles. The van der Waals surface area contributed by atoms with E-state index in [2.05, 4.69) is 4.72 Å². The minimum absolute atomic E-state index is 0.174. The Bertz CT molecular complexity index is 654. The largest absolute Gasteiger partial charge is 0.497 e. The van der Waals surface area contributed by atoms with Gasteiger partial charge in [-0.1, -0.05) is 0 Å². The van der Waals surface area contributed by atoms with Crippen molar-refractivity contribution >= 4 is 21.9 Å². The minimum atomic E-state index is -3.99. The van der Waals surface area contributed by atoms with Crippen LogP contribution in [0.15, 0.2) is 18.2 Å². The van der Waals surface area contributed by atoms with Gasteiger partial charge in [0, 0.05) is 24.7 Å². The van der Waals surface area contributed by atoms with E-state index >= 15 is 0 Å². The number of ether oxygens (including phenoxy) is 2. The molecule has 1 atom stereocenters. The number of carbonyl (C=O) groups is 1. The highest BCUT2D eigenvalue weighted by Gasteiger charge is 2.36. The SMILES string of the molecule is COc1cc(NS(=O)(=O)N2CCCC[C@H]2C(=O)O)cc(OC)c1. The Morgan fingerprint density at radius 3 is 2.35 bits per heavy atom.